The second-order valence-corrected chi connectivity index (χ2v) is 7.83. The molecule has 15 heteroatoms. The van der Waals surface area contributed by atoms with Crippen LogP contribution in [0.1, 0.15) is 23.2 Å². The molecule has 2 radical (unpaired) electrons. The molecule has 1 aromatic carbocycles. The Morgan fingerprint density at radius 2 is 1.94 bits per heavy atom. The van der Waals surface area contributed by atoms with Crippen molar-refractivity contribution in [2.75, 3.05) is 33.9 Å². The number of carboxylic acids is 2. The van der Waals surface area contributed by atoms with Crippen molar-refractivity contribution in [1.82, 2.24) is 15.3 Å². The average molecular weight is 511 g/mol. The summed E-state index contributed by atoms with van der Waals surface area (Å²) in [4.78, 5) is 56.7. The van der Waals surface area contributed by atoms with Crippen LogP contribution in [0.15, 0.2) is 29.1 Å². The third-order valence-electron chi connectivity index (χ3n) is 5.59. The Hall–Kier alpha value is -3.36. The van der Waals surface area contributed by atoms with Gasteiger partial charge in [0, 0.05) is 68.5 Å². The number of aliphatic carboxylic acids is 2. The molecule has 1 unspecified atom stereocenters. The number of nitrogens with one attached hydrogen (secondary N) is 4. The quantitative estimate of drug-likeness (QED) is 0.226. The van der Waals surface area contributed by atoms with Gasteiger partial charge in [-0.25, -0.2) is 4.79 Å². The Bertz CT molecular complexity index is 1230. The topological polar surface area (TPSA) is 218 Å². The van der Waals surface area contributed by atoms with Gasteiger partial charge in [0.15, 0.2) is 11.5 Å². The predicted octanol–water partition coefficient (Wildman–Crippen LogP) is -0.925. The molecule has 0 aliphatic carbocycles. The van der Waals surface area contributed by atoms with Crippen LogP contribution in [0, 0.1) is 5.41 Å². The van der Waals surface area contributed by atoms with Crippen molar-refractivity contribution in [3.8, 4) is 0 Å². The number of H-pyrrole nitrogens is 1. The number of anilines is 4. The van der Waals surface area contributed by atoms with Crippen LogP contribution in [0.25, 0.3) is 0 Å². The van der Waals surface area contributed by atoms with Crippen LogP contribution in [0.3, 0.4) is 0 Å². The number of benzene rings is 1. The van der Waals surface area contributed by atoms with E-state index in [0.717, 1.165) is 0 Å². The van der Waals surface area contributed by atoms with Gasteiger partial charge in [-0.05, 0) is 30.7 Å². The standard InChI is InChI=1S/C20H22N8O6.Ca/c21-19-25-15-14(17(32)26-19)28-11(7-23-15)8-27(20(28)22)10-3-1-9(2-4-10)16(31)24-12(18(33)34)5-6-13(29)30;/h1-4,11-12,22H,5-8H2,(H,24,31)(H,29,30)(H,33,34)(H4,21,23,25,26,32);/t11?,12-;/m0./s1. The molecule has 8 N–H and O–H groups in total. The maximum absolute atomic E-state index is 12.5. The van der Waals surface area contributed by atoms with E-state index < -0.39 is 35.9 Å². The predicted molar refractivity (Wildman–Crippen MR) is 127 cm³/mol. The summed E-state index contributed by atoms with van der Waals surface area (Å²) in [6, 6.07) is 4.63. The largest absolute Gasteiger partial charge is 0.481 e. The summed E-state index contributed by atoms with van der Waals surface area (Å²) in [7, 11) is 0. The number of nitrogen functional groups attached to an aromatic ring is 1. The Labute approximate surface area is 228 Å². The zero-order valence-electron chi connectivity index (χ0n) is 18.4. The van der Waals surface area contributed by atoms with Crippen molar-refractivity contribution in [3.05, 3.63) is 40.2 Å². The molecule has 14 nitrogen and oxygen atoms in total. The van der Waals surface area contributed by atoms with Crippen LogP contribution in [0.2, 0.25) is 0 Å². The van der Waals surface area contributed by atoms with Crippen LogP contribution >= 0.6 is 0 Å². The number of carbonyl (C=O) groups excluding carboxylic acids is 1. The second-order valence-electron chi connectivity index (χ2n) is 7.83. The van der Waals surface area contributed by atoms with Crippen LogP contribution in [-0.4, -0.2) is 107 Å². The summed E-state index contributed by atoms with van der Waals surface area (Å²) in [5.74, 6) is -2.82. The number of nitrogens with zero attached hydrogens (tertiary/aromatic N) is 3. The molecule has 1 amide bonds. The summed E-state index contributed by atoms with van der Waals surface area (Å²) in [6.07, 6.45) is -0.639. The number of aromatic amines is 1. The fourth-order valence-electron chi connectivity index (χ4n) is 3.96. The maximum Gasteiger partial charge on any atom is 0.326 e. The van der Waals surface area contributed by atoms with E-state index in [2.05, 4.69) is 20.6 Å². The van der Waals surface area contributed by atoms with Crippen molar-refractivity contribution in [2.45, 2.75) is 24.9 Å². The number of carboxylic acid groups (broad SMARTS) is 2. The van der Waals surface area contributed by atoms with Gasteiger partial charge in [0.1, 0.15) is 6.04 Å². The monoisotopic (exact) mass is 510 g/mol. The van der Waals surface area contributed by atoms with E-state index in [4.69, 9.17) is 16.2 Å². The second kappa shape index (κ2) is 10.5. The Kier molecular flexibility index (Phi) is 7.87. The molecule has 4 rings (SSSR count). The van der Waals surface area contributed by atoms with E-state index >= 15 is 0 Å². The number of fused-ring (bicyclic) bond motifs is 3. The number of hydrogen-bond donors (Lipinski definition) is 7. The Morgan fingerprint density at radius 1 is 1.26 bits per heavy atom. The molecule has 180 valence electrons. The number of nitrogens with two attached hydrogens (primary N) is 1. The van der Waals surface area contributed by atoms with Gasteiger partial charge in [-0.3, -0.25) is 29.7 Å². The summed E-state index contributed by atoms with van der Waals surface area (Å²) in [5.41, 5.74) is 6.12. The van der Waals surface area contributed by atoms with Gasteiger partial charge in [-0.15, -0.1) is 0 Å². The Morgan fingerprint density at radius 3 is 2.57 bits per heavy atom. The molecular formula is C20H22CaN8O6. The van der Waals surface area contributed by atoms with Crippen molar-refractivity contribution >= 4 is 84.7 Å². The van der Waals surface area contributed by atoms with Crippen molar-refractivity contribution in [3.63, 3.8) is 0 Å². The molecular weight excluding hydrogens is 488 g/mol. The molecule has 2 aliphatic rings. The first-order valence-corrected chi connectivity index (χ1v) is 10.3. The average Bonchev–Trinajstić information content (AvgIpc) is 3.12. The van der Waals surface area contributed by atoms with Gasteiger partial charge < -0.3 is 31.5 Å². The van der Waals surface area contributed by atoms with Crippen molar-refractivity contribution in [2.24, 2.45) is 0 Å². The molecule has 0 saturated carbocycles. The van der Waals surface area contributed by atoms with E-state index in [1.54, 1.807) is 21.9 Å². The molecule has 2 aliphatic heterocycles. The molecule has 2 aromatic rings. The van der Waals surface area contributed by atoms with Crippen molar-refractivity contribution in [1.29, 1.82) is 5.41 Å². The third-order valence-corrected chi connectivity index (χ3v) is 5.59. The molecule has 1 aromatic heterocycles. The minimum absolute atomic E-state index is 0. The molecule has 2 atom stereocenters. The normalized spacial score (nSPS) is 16.9. The summed E-state index contributed by atoms with van der Waals surface area (Å²) < 4.78 is 0. The smallest absolute Gasteiger partial charge is 0.326 e. The molecule has 3 heterocycles. The van der Waals surface area contributed by atoms with E-state index in [9.17, 15) is 24.3 Å². The number of guanidine groups is 1. The molecule has 1 fully saturated rings. The maximum atomic E-state index is 12.5. The number of aromatic nitrogens is 2. The zero-order valence-corrected chi connectivity index (χ0v) is 20.7. The molecule has 35 heavy (non-hydrogen) atoms. The molecule has 1 saturated heterocycles. The van der Waals surface area contributed by atoms with E-state index in [0.29, 0.717) is 24.6 Å². The van der Waals surface area contributed by atoms with E-state index in [1.807, 2.05) is 0 Å². The van der Waals surface area contributed by atoms with E-state index in [1.165, 1.54) is 12.1 Å². The zero-order chi connectivity index (χ0) is 24.6. The van der Waals surface area contributed by atoms with Crippen molar-refractivity contribution < 1.29 is 24.6 Å². The Balaban J connectivity index is 0.00000342. The van der Waals surface area contributed by atoms with Gasteiger partial charge in [-0.2, -0.15) is 4.98 Å². The summed E-state index contributed by atoms with van der Waals surface area (Å²) >= 11 is 0. The minimum atomic E-state index is -1.33. The number of rotatable bonds is 7. The van der Waals surface area contributed by atoms with E-state index in [-0.39, 0.29) is 73.4 Å². The van der Waals surface area contributed by atoms with Crippen LogP contribution in [0.4, 0.5) is 23.1 Å². The molecule has 0 spiro atoms. The van der Waals surface area contributed by atoms with Gasteiger partial charge in [0.05, 0.1) is 6.04 Å². The summed E-state index contributed by atoms with van der Waals surface area (Å²) in [6.45, 7) is 0.839. The fourth-order valence-corrected chi connectivity index (χ4v) is 3.96. The number of carbonyl (C=O) groups is 3. The van der Waals surface area contributed by atoms with Crippen LogP contribution in [-0.2, 0) is 9.59 Å². The fraction of sp³-hybridized carbons (Fsp3) is 0.300. The van der Waals surface area contributed by atoms with Gasteiger partial charge in [0.2, 0.25) is 11.9 Å². The van der Waals surface area contributed by atoms with Crippen LogP contribution < -0.4 is 31.7 Å². The van der Waals surface area contributed by atoms with Crippen LogP contribution in [0.5, 0.6) is 0 Å². The third kappa shape index (κ3) is 5.33. The minimum Gasteiger partial charge on any atom is -0.481 e. The number of hydrogen-bond acceptors (Lipinski definition) is 8. The van der Waals surface area contributed by atoms with Gasteiger partial charge >= 0.3 is 11.9 Å². The first-order chi connectivity index (χ1) is 16.2. The molecule has 0 bridgehead atoms. The first-order valence-electron chi connectivity index (χ1n) is 10.3. The van der Waals surface area contributed by atoms with Gasteiger partial charge in [0.25, 0.3) is 11.5 Å². The summed E-state index contributed by atoms with van der Waals surface area (Å²) in [5, 5.41) is 32.0. The SMILES string of the molecule is N=C1N(c2ccc(C(=O)N[C@@H](CCC(=O)O)C(=O)O)cc2)CC2CNc3nc(N)[nH]c(=O)c3N12.[Ca]. The first kappa shape index (κ1) is 26.2. The van der Waals surface area contributed by atoms with Gasteiger partial charge in [-0.1, -0.05) is 0 Å². The number of amides is 1.